The Morgan fingerprint density at radius 1 is 1.23 bits per heavy atom. The highest BCUT2D eigenvalue weighted by Gasteiger charge is 2.47. The van der Waals surface area contributed by atoms with Gasteiger partial charge in [0, 0.05) is 5.69 Å². The lowest BCUT2D eigenvalue weighted by atomic mass is 9.78. The van der Waals surface area contributed by atoms with Crippen LogP contribution in [-0.2, 0) is 12.8 Å². The average molecular weight is 301 g/mol. The number of guanidine groups is 1. The highest BCUT2D eigenvalue weighted by molar-refractivity contribution is 5.92. The fourth-order valence-electron chi connectivity index (χ4n) is 3.74. The minimum atomic E-state index is -0.739. The van der Waals surface area contributed by atoms with Crippen LogP contribution in [0.1, 0.15) is 50.7 Å². The van der Waals surface area contributed by atoms with Crippen molar-refractivity contribution in [2.24, 2.45) is 16.1 Å². The Bertz CT molecular complexity index is 594. The first-order chi connectivity index (χ1) is 10.4. The predicted molar refractivity (Wildman–Crippen MR) is 91.2 cm³/mol. The summed E-state index contributed by atoms with van der Waals surface area (Å²) in [5.74, 6) is 0.383. The molecule has 4 N–H and O–H groups in total. The van der Waals surface area contributed by atoms with Crippen molar-refractivity contribution in [3.8, 4) is 0 Å². The van der Waals surface area contributed by atoms with Crippen LogP contribution in [0.3, 0.4) is 0 Å². The maximum Gasteiger partial charge on any atom is 0.193 e. The SMILES string of the molecule is CC1(C)CCCC1(O)CN=C(N)Nc1ccc2c(c1)CCC2. The highest BCUT2D eigenvalue weighted by Crippen LogP contribution is 2.45. The van der Waals surface area contributed by atoms with Crippen molar-refractivity contribution < 1.29 is 5.11 Å². The molecule has 2 aliphatic rings. The molecule has 1 unspecified atom stereocenters. The van der Waals surface area contributed by atoms with Gasteiger partial charge >= 0.3 is 0 Å². The van der Waals surface area contributed by atoms with Crippen molar-refractivity contribution in [1.29, 1.82) is 0 Å². The van der Waals surface area contributed by atoms with Crippen LogP contribution >= 0.6 is 0 Å². The lowest BCUT2D eigenvalue weighted by Crippen LogP contribution is -2.43. The molecule has 2 aliphatic carbocycles. The van der Waals surface area contributed by atoms with Gasteiger partial charge in [-0.15, -0.1) is 0 Å². The molecule has 4 heteroatoms. The largest absolute Gasteiger partial charge is 0.387 e. The van der Waals surface area contributed by atoms with Gasteiger partial charge in [-0.05, 0) is 67.2 Å². The van der Waals surface area contributed by atoms with Crippen LogP contribution in [0.4, 0.5) is 5.69 Å². The molecule has 1 atom stereocenters. The monoisotopic (exact) mass is 301 g/mol. The summed E-state index contributed by atoms with van der Waals surface area (Å²) in [6, 6.07) is 6.39. The van der Waals surface area contributed by atoms with Crippen molar-refractivity contribution in [2.45, 2.75) is 58.0 Å². The molecule has 0 heterocycles. The molecule has 120 valence electrons. The molecule has 3 rings (SSSR count). The van der Waals surface area contributed by atoms with Gasteiger partial charge in [-0.2, -0.15) is 0 Å². The minimum Gasteiger partial charge on any atom is -0.387 e. The Balaban J connectivity index is 1.65. The topological polar surface area (TPSA) is 70.6 Å². The number of benzene rings is 1. The maximum atomic E-state index is 10.8. The first-order valence-electron chi connectivity index (χ1n) is 8.31. The molecule has 0 radical (unpaired) electrons. The minimum absolute atomic E-state index is 0.0929. The van der Waals surface area contributed by atoms with E-state index in [0.29, 0.717) is 12.5 Å². The normalized spacial score (nSPS) is 27.0. The van der Waals surface area contributed by atoms with Gasteiger partial charge in [0.1, 0.15) is 0 Å². The van der Waals surface area contributed by atoms with E-state index < -0.39 is 5.60 Å². The van der Waals surface area contributed by atoms with Crippen LogP contribution in [0.15, 0.2) is 23.2 Å². The summed E-state index contributed by atoms with van der Waals surface area (Å²) in [7, 11) is 0. The van der Waals surface area contributed by atoms with E-state index in [1.165, 1.54) is 24.0 Å². The van der Waals surface area contributed by atoms with Crippen molar-refractivity contribution in [3.05, 3.63) is 29.3 Å². The molecule has 0 bridgehead atoms. The smallest absolute Gasteiger partial charge is 0.193 e. The number of rotatable bonds is 3. The Kier molecular flexibility index (Phi) is 3.89. The van der Waals surface area contributed by atoms with Crippen LogP contribution in [0, 0.1) is 5.41 Å². The van der Waals surface area contributed by atoms with Gasteiger partial charge in [0.2, 0.25) is 0 Å². The van der Waals surface area contributed by atoms with E-state index in [0.717, 1.165) is 31.4 Å². The van der Waals surface area contributed by atoms with Gasteiger partial charge in [0.05, 0.1) is 12.1 Å². The number of nitrogens with one attached hydrogen (secondary N) is 1. The van der Waals surface area contributed by atoms with E-state index in [1.54, 1.807) is 0 Å². The summed E-state index contributed by atoms with van der Waals surface area (Å²) in [6.07, 6.45) is 6.46. The molecule has 0 spiro atoms. The first-order valence-corrected chi connectivity index (χ1v) is 8.31. The van der Waals surface area contributed by atoms with Gasteiger partial charge in [-0.1, -0.05) is 19.9 Å². The molecular formula is C18H27N3O. The summed E-state index contributed by atoms with van der Waals surface area (Å²) in [5.41, 5.74) is 9.02. The lowest BCUT2D eigenvalue weighted by molar-refractivity contribution is -0.0334. The zero-order chi connectivity index (χ0) is 15.8. The van der Waals surface area contributed by atoms with E-state index in [1.807, 2.05) is 0 Å². The summed E-state index contributed by atoms with van der Waals surface area (Å²) in [4.78, 5) is 4.40. The van der Waals surface area contributed by atoms with Crippen LogP contribution in [0.25, 0.3) is 0 Å². The number of aryl methyl sites for hydroxylation is 2. The Morgan fingerprint density at radius 3 is 2.73 bits per heavy atom. The number of aliphatic hydroxyl groups is 1. The molecule has 0 aliphatic heterocycles. The van der Waals surface area contributed by atoms with Crippen molar-refractivity contribution >= 4 is 11.6 Å². The second-order valence-corrected chi connectivity index (χ2v) is 7.43. The van der Waals surface area contributed by atoms with E-state index in [4.69, 9.17) is 5.73 Å². The summed E-state index contributed by atoms with van der Waals surface area (Å²) >= 11 is 0. The molecule has 1 aromatic rings. The van der Waals surface area contributed by atoms with Gasteiger partial charge in [-0.3, -0.25) is 4.99 Å². The third kappa shape index (κ3) is 2.84. The van der Waals surface area contributed by atoms with Crippen LogP contribution in [0.2, 0.25) is 0 Å². The maximum absolute atomic E-state index is 10.8. The quantitative estimate of drug-likeness (QED) is 0.594. The Labute approximate surface area is 132 Å². The average Bonchev–Trinajstić information content (AvgIpc) is 3.02. The van der Waals surface area contributed by atoms with E-state index in [2.05, 4.69) is 42.4 Å². The summed E-state index contributed by atoms with van der Waals surface area (Å²) < 4.78 is 0. The molecule has 4 nitrogen and oxygen atoms in total. The fourth-order valence-corrected chi connectivity index (χ4v) is 3.74. The molecule has 1 aromatic carbocycles. The summed E-state index contributed by atoms with van der Waals surface area (Å²) in [5, 5.41) is 13.9. The van der Waals surface area contributed by atoms with Gasteiger partial charge in [0.15, 0.2) is 5.96 Å². The van der Waals surface area contributed by atoms with Crippen LogP contribution < -0.4 is 11.1 Å². The molecular weight excluding hydrogens is 274 g/mol. The molecule has 0 aromatic heterocycles. The molecule has 0 saturated heterocycles. The first kappa shape index (κ1) is 15.3. The number of nitrogens with zero attached hydrogens (tertiary/aromatic N) is 1. The Morgan fingerprint density at radius 2 is 2.00 bits per heavy atom. The molecule has 1 saturated carbocycles. The van der Waals surface area contributed by atoms with Gasteiger partial charge in [0.25, 0.3) is 0 Å². The molecule has 1 fully saturated rings. The predicted octanol–water partition coefficient (Wildman–Crippen LogP) is 2.84. The van der Waals surface area contributed by atoms with Crippen LogP contribution in [0.5, 0.6) is 0 Å². The van der Waals surface area contributed by atoms with Crippen molar-refractivity contribution in [3.63, 3.8) is 0 Å². The zero-order valence-corrected chi connectivity index (χ0v) is 13.7. The molecule has 0 amide bonds. The second kappa shape index (κ2) is 5.58. The van der Waals surface area contributed by atoms with E-state index >= 15 is 0 Å². The zero-order valence-electron chi connectivity index (χ0n) is 13.7. The molecule has 22 heavy (non-hydrogen) atoms. The second-order valence-electron chi connectivity index (χ2n) is 7.43. The number of hydrogen-bond donors (Lipinski definition) is 3. The number of aliphatic imine (C=N–C) groups is 1. The number of nitrogens with two attached hydrogens (primary N) is 1. The lowest BCUT2D eigenvalue weighted by Gasteiger charge is -2.35. The third-order valence-electron chi connectivity index (χ3n) is 5.53. The standard InChI is InChI=1S/C18H27N3O/c1-17(2)9-4-10-18(17,22)12-20-16(19)21-15-8-7-13-5-3-6-14(13)11-15/h7-8,11,22H,3-6,9-10,12H2,1-2H3,(H3,19,20,21). The highest BCUT2D eigenvalue weighted by atomic mass is 16.3. The Hall–Kier alpha value is -1.55. The summed E-state index contributed by atoms with van der Waals surface area (Å²) in [6.45, 7) is 4.59. The van der Waals surface area contributed by atoms with E-state index in [9.17, 15) is 5.11 Å². The van der Waals surface area contributed by atoms with Crippen LogP contribution in [-0.4, -0.2) is 23.2 Å². The fraction of sp³-hybridized carbons (Fsp3) is 0.611. The third-order valence-corrected chi connectivity index (χ3v) is 5.53. The number of anilines is 1. The van der Waals surface area contributed by atoms with Crippen molar-refractivity contribution in [2.75, 3.05) is 11.9 Å². The number of fused-ring (bicyclic) bond motifs is 1. The van der Waals surface area contributed by atoms with Crippen molar-refractivity contribution in [1.82, 2.24) is 0 Å². The number of hydrogen-bond acceptors (Lipinski definition) is 2. The van der Waals surface area contributed by atoms with E-state index in [-0.39, 0.29) is 5.41 Å². The van der Waals surface area contributed by atoms with Gasteiger partial charge in [-0.25, -0.2) is 0 Å². The van der Waals surface area contributed by atoms with Gasteiger partial charge < -0.3 is 16.2 Å².